The Bertz CT molecular complexity index is 299. The molecule has 2 nitrogen and oxygen atoms in total. The fraction of sp³-hybridized carbons (Fsp3) is 0.636. The van der Waals surface area contributed by atoms with Gasteiger partial charge in [-0.25, -0.2) is 0 Å². The standard InChI is InChI=1S/C11H19ClN2S/c1-8(9(2)13)6-14(3)7-10-4-5-11(12)15-10/h4-5,8-9H,6-7,13H2,1-3H3. The normalized spacial score (nSPS) is 15.6. The lowest BCUT2D eigenvalue weighted by Gasteiger charge is -2.23. The molecule has 0 aliphatic carbocycles. The van der Waals surface area contributed by atoms with Gasteiger partial charge in [0.25, 0.3) is 0 Å². The van der Waals surface area contributed by atoms with Crippen LogP contribution in [-0.4, -0.2) is 24.5 Å². The highest BCUT2D eigenvalue weighted by Gasteiger charge is 2.11. The average Bonchev–Trinajstić information content (AvgIpc) is 2.50. The van der Waals surface area contributed by atoms with Crippen molar-refractivity contribution in [2.45, 2.75) is 26.4 Å². The van der Waals surface area contributed by atoms with Crippen molar-refractivity contribution < 1.29 is 0 Å². The summed E-state index contributed by atoms with van der Waals surface area (Å²) in [4.78, 5) is 3.59. The molecule has 1 aromatic heterocycles. The van der Waals surface area contributed by atoms with Gasteiger partial charge < -0.3 is 10.6 Å². The maximum Gasteiger partial charge on any atom is 0.0931 e. The molecule has 0 fully saturated rings. The second-order valence-electron chi connectivity index (χ2n) is 4.24. The molecule has 4 heteroatoms. The third-order valence-corrected chi connectivity index (χ3v) is 3.77. The summed E-state index contributed by atoms with van der Waals surface area (Å²) in [6.45, 7) is 6.21. The molecule has 0 bridgehead atoms. The van der Waals surface area contributed by atoms with Crippen LogP contribution < -0.4 is 5.73 Å². The van der Waals surface area contributed by atoms with Crippen molar-refractivity contribution in [3.05, 3.63) is 21.3 Å². The van der Waals surface area contributed by atoms with Crippen molar-refractivity contribution in [2.24, 2.45) is 11.7 Å². The first-order chi connectivity index (χ1) is 6.99. The summed E-state index contributed by atoms with van der Waals surface area (Å²) in [5, 5.41) is 0. The van der Waals surface area contributed by atoms with E-state index in [-0.39, 0.29) is 6.04 Å². The summed E-state index contributed by atoms with van der Waals surface area (Å²) < 4.78 is 0.860. The van der Waals surface area contributed by atoms with E-state index >= 15 is 0 Å². The van der Waals surface area contributed by atoms with Crippen LogP contribution in [0, 0.1) is 5.92 Å². The monoisotopic (exact) mass is 246 g/mol. The summed E-state index contributed by atoms with van der Waals surface area (Å²) in [5.41, 5.74) is 5.84. The van der Waals surface area contributed by atoms with Crippen molar-refractivity contribution >= 4 is 22.9 Å². The lowest BCUT2D eigenvalue weighted by atomic mass is 10.0. The smallest absolute Gasteiger partial charge is 0.0931 e. The van der Waals surface area contributed by atoms with Gasteiger partial charge in [0.2, 0.25) is 0 Å². The van der Waals surface area contributed by atoms with E-state index in [4.69, 9.17) is 17.3 Å². The molecule has 1 heterocycles. The predicted octanol–water partition coefficient (Wildman–Crippen LogP) is 2.82. The van der Waals surface area contributed by atoms with Crippen LogP contribution in [-0.2, 0) is 6.54 Å². The first kappa shape index (κ1) is 13.0. The van der Waals surface area contributed by atoms with Crippen LogP contribution in [0.15, 0.2) is 12.1 Å². The molecule has 86 valence electrons. The van der Waals surface area contributed by atoms with Crippen LogP contribution in [0.3, 0.4) is 0 Å². The molecule has 1 rings (SSSR count). The van der Waals surface area contributed by atoms with Crippen molar-refractivity contribution in [2.75, 3.05) is 13.6 Å². The summed E-state index contributed by atoms with van der Waals surface area (Å²) in [6.07, 6.45) is 0. The van der Waals surface area contributed by atoms with E-state index < -0.39 is 0 Å². The van der Waals surface area contributed by atoms with Crippen LogP contribution >= 0.6 is 22.9 Å². The number of hydrogen-bond acceptors (Lipinski definition) is 3. The zero-order valence-corrected chi connectivity index (χ0v) is 11.1. The third kappa shape index (κ3) is 4.51. The largest absolute Gasteiger partial charge is 0.328 e. The molecule has 0 aliphatic heterocycles. The fourth-order valence-corrected chi connectivity index (χ4v) is 2.59. The molecular weight excluding hydrogens is 228 g/mol. The number of rotatable bonds is 5. The lowest BCUT2D eigenvalue weighted by Crippen LogP contribution is -2.33. The van der Waals surface area contributed by atoms with Gasteiger partial charge in [0.1, 0.15) is 0 Å². The fourth-order valence-electron chi connectivity index (χ4n) is 1.43. The van der Waals surface area contributed by atoms with Crippen LogP contribution in [0.25, 0.3) is 0 Å². The highest BCUT2D eigenvalue weighted by atomic mass is 35.5. The van der Waals surface area contributed by atoms with Gasteiger partial charge in [-0.1, -0.05) is 18.5 Å². The Kier molecular flexibility index (Phi) is 5.06. The Morgan fingerprint density at radius 1 is 1.47 bits per heavy atom. The summed E-state index contributed by atoms with van der Waals surface area (Å²) in [7, 11) is 2.12. The van der Waals surface area contributed by atoms with Gasteiger partial charge in [-0.2, -0.15) is 0 Å². The predicted molar refractivity (Wildman–Crippen MR) is 68.5 cm³/mol. The number of thiophene rings is 1. The molecule has 2 N–H and O–H groups in total. The minimum Gasteiger partial charge on any atom is -0.328 e. The van der Waals surface area contributed by atoms with Gasteiger partial charge in [-0.05, 0) is 32.0 Å². The Morgan fingerprint density at radius 2 is 2.13 bits per heavy atom. The van der Waals surface area contributed by atoms with E-state index in [1.54, 1.807) is 11.3 Å². The quantitative estimate of drug-likeness (QED) is 0.866. The molecule has 0 aliphatic rings. The van der Waals surface area contributed by atoms with Gasteiger partial charge in [0, 0.05) is 24.0 Å². The average molecular weight is 247 g/mol. The second-order valence-corrected chi connectivity index (χ2v) is 6.04. The van der Waals surface area contributed by atoms with Crippen LogP contribution in [0.2, 0.25) is 4.34 Å². The minimum atomic E-state index is 0.249. The van der Waals surface area contributed by atoms with Gasteiger partial charge in [0.05, 0.1) is 4.34 Å². The molecule has 0 spiro atoms. The maximum absolute atomic E-state index is 5.88. The SMILES string of the molecule is CC(N)C(C)CN(C)Cc1ccc(Cl)s1. The summed E-state index contributed by atoms with van der Waals surface area (Å²) >= 11 is 7.52. The highest BCUT2D eigenvalue weighted by Crippen LogP contribution is 2.22. The molecule has 0 amide bonds. The van der Waals surface area contributed by atoms with E-state index in [0.29, 0.717) is 5.92 Å². The van der Waals surface area contributed by atoms with Gasteiger partial charge in [-0.3, -0.25) is 0 Å². The highest BCUT2D eigenvalue weighted by molar-refractivity contribution is 7.16. The zero-order chi connectivity index (χ0) is 11.4. The van der Waals surface area contributed by atoms with E-state index in [1.807, 2.05) is 6.07 Å². The van der Waals surface area contributed by atoms with E-state index in [2.05, 4.69) is 31.9 Å². The lowest BCUT2D eigenvalue weighted by molar-refractivity contribution is 0.264. The zero-order valence-electron chi connectivity index (χ0n) is 9.53. The first-order valence-electron chi connectivity index (χ1n) is 5.17. The van der Waals surface area contributed by atoms with Crippen molar-refractivity contribution in [3.63, 3.8) is 0 Å². The molecule has 1 aromatic rings. The molecule has 0 radical (unpaired) electrons. The minimum absolute atomic E-state index is 0.249. The Labute approximate surface area is 101 Å². The molecule has 0 aromatic carbocycles. The summed E-state index contributed by atoms with van der Waals surface area (Å²) in [6, 6.07) is 4.28. The van der Waals surface area contributed by atoms with Gasteiger partial charge in [0.15, 0.2) is 0 Å². The topological polar surface area (TPSA) is 29.3 Å². The molecule has 2 atom stereocenters. The first-order valence-corrected chi connectivity index (χ1v) is 6.37. The molecule has 0 saturated heterocycles. The van der Waals surface area contributed by atoms with E-state index in [0.717, 1.165) is 17.4 Å². The third-order valence-electron chi connectivity index (χ3n) is 2.55. The number of nitrogens with two attached hydrogens (primary N) is 1. The van der Waals surface area contributed by atoms with Crippen molar-refractivity contribution in [1.82, 2.24) is 4.90 Å². The second kappa shape index (κ2) is 5.85. The number of nitrogens with zero attached hydrogens (tertiary/aromatic N) is 1. The van der Waals surface area contributed by atoms with E-state index in [1.165, 1.54) is 4.88 Å². The number of hydrogen-bond donors (Lipinski definition) is 1. The summed E-state index contributed by atoms with van der Waals surface area (Å²) in [5.74, 6) is 0.519. The van der Waals surface area contributed by atoms with Crippen molar-refractivity contribution in [1.29, 1.82) is 0 Å². The molecule has 15 heavy (non-hydrogen) atoms. The van der Waals surface area contributed by atoms with Gasteiger partial charge >= 0.3 is 0 Å². The molecular formula is C11H19ClN2S. The Balaban J connectivity index is 2.39. The Hall–Kier alpha value is -0.0900. The van der Waals surface area contributed by atoms with E-state index in [9.17, 15) is 0 Å². The maximum atomic E-state index is 5.88. The molecule has 2 unspecified atom stereocenters. The van der Waals surface area contributed by atoms with Crippen molar-refractivity contribution in [3.8, 4) is 0 Å². The van der Waals surface area contributed by atoms with Crippen LogP contribution in [0.1, 0.15) is 18.7 Å². The number of halogens is 1. The van der Waals surface area contributed by atoms with Crippen LogP contribution in [0.5, 0.6) is 0 Å². The Morgan fingerprint density at radius 3 is 2.60 bits per heavy atom. The molecule has 0 saturated carbocycles. The van der Waals surface area contributed by atoms with Gasteiger partial charge in [-0.15, -0.1) is 11.3 Å². The van der Waals surface area contributed by atoms with Crippen LogP contribution in [0.4, 0.5) is 0 Å².